The van der Waals surface area contributed by atoms with Gasteiger partial charge in [-0.1, -0.05) is 6.08 Å². The fourth-order valence-corrected chi connectivity index (χ4v) is 3.04. The van der Waals surface area contributed by atoms with E-state index in [9.17, 15) is 9.59 Å². The summed E-state index contributed by atoms with van der Waals surface area (Å²) in [6, 6.07) is 3.53. The van der Waals surface area contributed by atoms with Gasteiger partial charge in [-0.2, -0.15) is 0 Å². The van der Waals surface area contributed by atoms with Gasteiger partial charge in [-0.05, 0) is 25.0 Å². The Morgan fingerprint density at radius 2 is 2.08 bits per heavy atom. The van der Waals surface area contributed by atoms with E-state index in [4.69, 9.17) is 8.83 Å². The van der Waals surface area contributed by atoms with Gasteiger partial charge in [0.25, 0.3) is 11.8 Å². The highest BCUT2D eigenvalue weighted by Crippen LogP contribution is 2.30. The molecule has 4 heterocycles. The van der Waals surface area contributed by atoms with Crippen molar-refractivity contribution < 1.29 is 18.4 Å². The van der Waals surface area contributed by atoms with Gasteiger partial charge in [-0.25, -0.2) is 4.99 Å². The molecule has 8 heteroatoms. The normalized spacial score (nSPS) is 21.0. The molecule has 0 saturated carbocycles. The van der Waals surface area contributed by atoms with Gasteiger partial charge in [-0.15, -0.1) is 10.2 Å². The number of aliphatic imine (C=N–C) groups is 1. The average Bonchev–Trinajstić information content (AvgIpc) is 3.33. The van der Waals surface area contributed by atoms with Crippen LogP contribution in [0.25, 0.3) is 11.7 Å². The lowest BCUT2D eigenvalue weighted by Gasteiger charge is -2.32. The van der Waals surface area contributed by atoms with Gasteiger partial charge in [0.1, 0.15) is 0 Å². The van der Waals surface area contributed by atoms with Crippen molar-refractivity contribution in [3.63, 3.8) is 0 Å². The van der Waals surface area contributed by atoms with Crippen LogP contribution in [-0.4, -0.2) is 46.2 Å². The lowest BCUT2D eigenvalue weighted by Crippen LogP contribution is -2.41. The Balaban J connectivity index is 1.37. The maximum atomic E-state index is 12.5. The predicted molar refractivity (Wildman–Crippen MR) is 86.7 cm³/mol. The monoisotopic (exact) mass is 340 g/mol. The number of dihydropyridines is 1. The largest absolute Gasteiger partial charge is 0.459 e. The third-order valence-electron chi connectivity index (χ3n) is 4.42. The fourth-order valence-electron chi connectivity index (χ4n) is 3.04. The van der Waals surface area contributed by atoms with E-state index in [1.165, 1.54) is 12.3 Å². The topological polar surface area (TPSA) is 102 Å². The number of nitrogens with zero attached hydrogens (tertiary/aromatic N) is 4. The maximum absolute atomic E-state index is 12.5. The molecule has 4 rings (SSSR count). The number of piperidine rings is 1. The van der Waals surface area contributed by atoms with Crippen molar-refractivity contribution in [1.82, 2.24) is 15.1 Å². The zero-order valence-corrected chi connectivity index (χ0v) is 13.4. The Labute approximate surface area is 143 Å². The van der Waals surface area contributed by atoms with Crippen molar-refractivity contribution in [3.05, 3.63) is 36.4 Å². The third-order valence-corrected chi connectivity index (χ3v) is 4.42. The number of likely N-dealkylation sites (tertiary alicyclic amines) is 1. The molecule has 1 saturated heterocycles. The first kappa shape index (κ1) is 15.5. The number of aromatic nitrogens is 2. The van der Waals surface area contributed by atoms with Gasteiger partial charge in [0.2, 0.25) is 11.8 Å². The van der Waals surface area contributed by atoms with Gasteiger partial charge < -0.3 is 13.7 Å². The molecular formula is C17H16N4O4. The standard InChI is InChI=1S/C17H16N4O4/c22-14-4-3-12(10-18-14)17(23)21-7-5-11(6-8-21)15-19-20-16(25-15)13-2-1-9-24-13/h1-4,9-12H,5-8H2. The van der Waals surface area contributed by atoms with E-state index in [1.54, 1.807) is 29.4 Å². The zero-order valence-electron chi connectivity index (χ0n) is 13.4. The molecule has 128 valence electrons. The molecule has 8 nitrogen and oxygen atoms in total. The number of carbonyl (C=O) groups is 2. The van der Waals surface area contributed by atoms with Crippen molar-refractivity contribution in [2.45, 2.75) is 18.8 Å². The molecule has 0 N–H and O–H groups in total. The van der Waals surface area contributed by atoms with E-state index in [-0.39, 0.29) is 17.7 Å². The quantitative estimate of drug-likeness (QED) is 0.844. The first-order chi connectivity index (χ1) is 12.2. The van der Waals surface area contributed by atoms with Crippen molar-refractivity contribution in [2.75, 3.05) is 13.1 Å². The second-order valence-corrected chi connectivity index (χ2v) is 6.02. The van der Waals surface area contributed by atoms with E-state index in [0.29, 0.717) is 30.6 Å². The predicted octanol–water partition coefficient (Wildman–Crippen LogP) is 1.82. The summed E-state index contributed by atoms with van der Waals surface area (Å²) in [6.45, 7) is 1.21. The van der Waals surface area contributed by atoms with E-state index in [0.717, 1.165) is 12.8 Å². The van der Waals surface area contributed by atoms with Crippen LogP contribution in [-0.2, 0) is 9.59 Å². The number of amides is 2. The van der Waals surface area contributed by atoms with E-state index in [1.807, 2.05) is 0 Å². The minimum Gasteiger partial charge on any atom is -0.459 e. The highest BCUT2D eigenvalue weighted by atomic mass is 16.4. The molecule has 2 aliphatic rings. The molecule has 2 amide bonds. The van der Waals surface area contributed by atoms with Crippen molar-refractivity contribution in [3.8, 4) is 11.7 Å². The van der Waals surface area contributed by atoms with E-state index >= 15 is 0 Å². The fraction of sp³-hybridized carbons (Fsp3) is 0.353. The molecule has 0 aliphatic carbocycles. The SMILES string of the molecule is O=C1C=CC(C(=O)N2CCC(c3nnc(-c4ccco4)o3)CC2)C=N1. The maximum Gasteiger partial charge on any atom is 0.283 e. The molecule has 1 unspecified atom stereocenters. The highest BCUT2D eigenvalue weighted by Gasteiger charge is 2.30. The first-order valence-corrected chi connectivity index (χ1v) is 8.13. The average molecular weight is 340 g/mol. The zero-order chi connectivity index (χ0) is 17.2. The summed E-state index contributed by atoms with van der Waals surface area (Å²) in [4.78, 5) is 29.0. The van der Waals surface area contributed by atoms with Crippen LogP contribution in [0.3, 0.4) is 0 Å². The van der Waals surface area contributed by atoms with Crippen molar-refractivity contribution in [1.29, 1.82) is 0 Å². The number of furan rings is 1. The van der Waals surface area contributed by atoms with Crippen LogP contribution in [0.1, 0.15) is 24.7 Å². The first-order valence-electron chi connectivity index (χ1n) is 8.13. The minimum absolute atomic E-state index is 0.0345. The molecule has 2 aromatic rings. The smallest absolute Gasteiger partial charge is 0.283 e. The summed E-state index contributed by atoms with van der Waals surface area (Å²) in [5.74, 6) is 0.791. The summed E-state index contributed by atoms with van der Waals surface area (Å²) in [5.41, 5.74) is 0. The van der Waals surface area contributed by atoms with E-state index < -0.39 is 5.92 Å². The molecular weight excluding hydrogens is 324 g/mol. The van der Waals surface area contributed by atoms with Gasteiger partial charge in [0, 0.05) is 31.3 Å². The Kier molecular flexibility index (Phi) is 4.01. The molecule has 0 radical (unpaired) electrons. The molecule has 2 aromatic heterocycles. The highest BCUT2D eigenvalue weighted by molar-refractivity contribution is 6.05. The van der Waals surface area contributed by atoms with Crippen LogP contribution in [0.4, 0.5) is 0 Å². The van der Waals surface area contributed by atoms with Gasteiger partial charge in [0.05, 0.1) is 12.2 Å². The molecule has 25 heavy (non-hydrogen) atoms. The Morgan fingerprint density at radius 1 is 1.24 bits per heavy atom. The lowest BCUT2D eigenvalue weighted by molar-refractivity contribution is -0.133. The Bertz CT molecular complexity index is 813. The minimum atomic E-state index is -0.455. The molecule has 2 aliphatic heterocycles. The van der Waals surface area contributed by atoms with Crippen LogP contribution in [0, 0.1) is 5.92 Å². The Morgan fingerprint density at radius 3 is 2.76 bits per heavy atom. The third kappa shape index (κ3) is 3.15. The van der Waals surface area contributed by atoms with Crippen LogP contribution in [0.5, 0.6) is 0 Å². The number of carbonyl (C=O) groups excluding carboxylic acids is 2. The number of rotatable bonds is 3. The molecule has 1 fully saturated rings. The second kappa shape index (κ2) is 6.46. The lowest BCUT2D eigenvalue weighted by atomic mass is 9.95. The molecule has 0 aromatic carbocycles. The summed E-state index contributed by atoms with van der Waals surface area (Å²) in [6.07, 6.45) is 7.39. The number of hydrogen-bond acceptors (Lipinski definition) is 6. The molecule has 1 atom stereocenters. The number of hydrogen-bond donors (Lipinski definition) is 0. The summed E-state index contributed by atoms with van der Waals surface area (Å²) in [5, 5.41) is 8.13. The van der Waals surface area contributed by atoms with Crippen LogP contribution >= 0.6 is 0 Å². The molecule has 0 bridgehead atoms. The summed E-state index contributed by atoms with van der Waals surface area (Å²) < 4.78 is 11.0. The van der Waals surface area contributed by atoms with Gasteiger partial charge >= 0.3 is 0 Å². The summed E-state index contributed by atoms with van der Waals surface area (Å²) in [7, 11) is 0. The summed E-state index contributed by atoms with van der Waals surface area (Å²) >= 11 is 0. The second-order valence-electron chi connectivity index (χ2n) is 6.02. The van der Waals surface area contributed by atoms with Crippen molar-refractivity contribution >= 4 is 18.0 Å². The Hall–Kier alpha value is -3.03. The van der Waals surface area contributed by atoms with E-state index in [2.05, 4.69) is 15.2 Å². The molecule has 0 spiro atoms. The van der Waals surface area contributed by atoms with Gasteiger partial charge in [0.15, 0.2) is 5.76 Å². The van der Waals surface area contributed by atoms with Gasteiger partial charge in [-0.3, -0.25) is 9.59 Å². The van der Waals surface area contributed by atoms with Crippen molar-refractivity contribution in [2.24, 2.45) is 10.9 Å². The van der Waals surface area contributed by atoms with Crippen LogP contribution < -0.4 is 0 Å². The van der Waals surface area contributed by atoms with Crippen LogP contribution in [0.2, 0.25) is 0 Å². The van der Waals surface area contributed by atoms with Crippen LogP contribution in [0.15, 0.2) is 44.4 Å².